The summed E-state index contributed by atoms with van der Waals surface area (Å²) in [6.07, 6.45) is 1.54. The van der Waals surface area contributed by atoms with Crippen molar-refractivity contribution in [2.24, 2.45) is 18.0 Å². The first kappa shape index (κ1) is 22.2. The second-order valence-corrected chi connectivity index (χ2v) is 6.37. The second-order valence-electron chi connectivity index (χ2n) is 6.37. The van der Waals surface area contributed by atoms with Crippen LogP contribution in [0.5, 0.6) is 5.75 Å². The van der Waals surface area contributed by atoms with Crippen molar-refractivity contribution in [3.05, 3.63) is 42.0 Å². The topological polar surface area (TPSA) is 76.4 Å². The van der Waals surface area contributed by atoms with E-state index in [1.165, 1.54) is 5.56 Å². The van der Waals surface area contributed by atoms with Gasteiger partial charge in [-0.25, -0.2) is 4.98 Å². The maximum Gasteiger partial charge on any atom is 0.191 e. The third kappa shape index (κ3) is 6.81. The van der Waals surface area contributed by atoms with Crippen molar-refractivity contribution in [2.45, 2.75) is 33.4 Å². The molecule has 0 radical (unpaired) electrons. The van der Waals surface area contributed by atoms with Crippen LogP contribution in [0.25, 0.3) is 0 Å². The van der Waals surface area contributed by atoms with Gasteiger partial charge in [0.05, 0.1) is 19.2 Å². The number of halogens is 1. The number of ether oxygens (including phenoxy) is 1. The van der Waals surface area contributed by atoms with Crippen molar-refractivity contribution in [2.75, 3.05) is 13.7 Å². The number of aromatic nitrogens is 3. The van der Waals surface area contributed by atoms with Crippen LogP contribution in [0, 0.1) is 5.92 Å². The van der Waals surface area contributed by atoms with Gasteiger partial charge in [0.15, 0.2) is 5.96 Å². The lowest BCUT2D eigenvalue weighted by Crippen LogP contribution is -2.38. The van der Waals surface area contributed by atoms with Gasteiger partial charge in [-0.1, -0.05) is 26.0 Å². The number of benzene rings is 1. The molecule has 1 unspecified atom stereocenters. The normalized spacial score (nSPS) is 12.5. The fraction of sp³-hybridized carbons (Fsp3) is 0.500. The van der Waals surface area contributed by atoms with Gasteiger partial charge in [-0.2, -0.15) is 5.10 Å². The lowest BCUT2D eigenvalue weighted by atomic mass is 10.1. The minimum absolute atomic E-state index is 0. The zero-order chi connectivity index (χ0) is 18.2. The molecule has 0 aliphatic heterocycles. The number of nitrogens with zero attached hydrogens (tertiary/aromatic N) is 4. The maximum absolute atomic E-state index is 5.72. The SMILES string of the molecule is CN=C(NCc1ncnn1C)NC(C)c1ccc(OCC(C)C)cc1.I. The number of hydrogen-bond acceptors (Lipinski definition) is 4. The highest BCUT2D eigenvalue weighted by Crippen LogP contribution is 2.18. The van der Waals surface area contributed by atoms with Crippen molar-refractivity contribution < 1.29 is 4.74 Å². The largest absolute Gasteiger partial charge is 0.493 e. The molecule has 2 rings (SSSR count). The monoisotopic (exact) mass is 472 g/mol. The Morgan fingerprint density at radius 3 is 2.46 bits per heavy atom. The summed E-state index contributed by atoms with van der Waals surface area (Å²) in [5, 5.41) is 10.7. The summed E-state index contributed by atoms with van der Waals surface area (Å²) in [7, 11) is 3.62. The van der Waals surface area contributed by atoms with E-state index in [1.807, 2.05) is 19.2 Å². The van der Waals surface area contributed by atoms with Gasteiger partial charge < -0.3 is 15.4 Å². The second kappa shape index (κ2) is 11.0. The molecular formula is C18H29IN6O. The van der Waals surface area contributed by atoms with Gasteiger partial charge in [0.1, 0.15) is 17.9 Å². The molecule has 0 fully saturated rings. The Bertz CT molecular complexity index is 683. The van der Waals surface area contributed by atoms with Crippen LogP contribution >= 0.6 is 24.0 Å². The number of aliphatic imine (C=N–C) groups is 1. The molecule has 0 bridgehead atoms. The molecule has 0 aliphatic rings. The van der Waals surface area contributed by atoms with Gasteiger partial charge in [-0.15, -0.1) is 24.0 Å². The minimum atomic E-state index is 0. The molecule has 26 heavy (non-hydrogen) atoms. The zero-order valence-corrected chi connectivity index (χ0v) is 18.4. The summed E-state index contributed by atoms with van der Waals surface area (Å²) in [5.74, 6) is 2.98. The molecule has 0 saturated carbocycles. The molecular weight excluding hydrogens is 443 g/mol. The molecule has 7 nitrogen and oxygen atoms in total. The number of hydrogen-bond donors (Lipinski definition) is 2. The summed E-state index contributed by atoms with van der Waals surface area (Å²) in [5.41, 5.74) is 1.17. The highest BCUT2D eigenvalue weighted by atomic mass is 127. The van der Waals surface area contributed by atoms with Crippen molar-refractivity contribution in [1.82, 2.24) is 25.4 Å². The van der Waals surface area contributed by atoms with Crippen LogP contribution in [-0.4, -0.2) is 34.4 Å². The Morgan fingerprint density at radius 1 is 1.23 bits per heavy atom. The maximum atomic E-state index is 5.72. The van der Waals surface area contributed by atoms with Crippen LogP contribution < -0.4 is 15.4 Å². The van der Waals surface area contributed by atoms with Crippen molar-refractivity contribution >= 4 is 29.9 Å². The van der Waals surface area contributed by atoms with E-state index in [1.54, 1.807) is 18.1 Å². The zero-order valence-electron chi connectivity index (χ0n) is 16.1. The van der Waals surface area contributed by atoms with Crippen LogP contribution in [0.1, 0.15) is 38.2 Å². The van der Waals surface area contributed by atoms with E-state index in [0.717, 1.165) is 24.1 Å². The number of rotatable bonds is 7. The summed E-state index contributed by atoms with van der Waals surface area (Å²) in [6, 6.07) is 8.27. The van der Waals surface area contributed by atoms with E-state index in [0.29, 0.717) is 12.5 Å². The van der Waals surface area contributed by atoms with Gasteiger partial charge in [0, 0.05) is 14.1 Å². The van der Waals surface area contributed by atoms with E-state index in [9.17, 15) is 0 Å². The molecule has 2 N–H and O–H groups in total. The summed E-state index contributed by atoms with van der Waals surface area (Å²) in [6.45, 7) is 7.66. The van der Waals surface area contributed by atoms with Crippen LogP contribution in [0.2, 0.25) is 0 Å². The van der Waals surface area contributed by atoms with Gasteiger partial charge in [0.2, 0.25) is 0 Å². The fourth-order valence-electron chi connectivity index (χ4n) is 2.24. The molecule has 1 aromatic carbocycles. The van der Waals surface area contributed by atoms with Gasteiger partial charge >= 0.3 is 0 Å². The van der Waals surface area contributed by atoms with Gasteiger partial charge in [-0.3, -0.25) is 9.67 Å². The average molecular weight is 472 g/mol. The van der Waals surface area contributed by atoms with Crippen molar-refractivity contribution in [3.63, 3.8) is 0 Å². The Hall–Kier alpha value is -1.84. The molecule has 0 saturated heterocycles. The Morgan fingerprint density at radius 2 is 1.92 bits per heavy atom. The van der Waals surface area contributed by atoms with Gasteiger partial charge in [-0.05, 0) is 30.5 Å². The standard InChI is InChI=1S/C18H28N6O.HI/c1-13(2)11-25-16-8-6-15(7-9-16)14(3)23-18(19-4)20-10-17-21-12-22-24(17)5;/h6-9,12-14H,10-11H2,1-5H3,(H2,19,20,23);1H. The number of aryl methyl sites for hydroxylation is 1. The molecule has 1 atom stereocenters. The first-order valence-electron chi connectivity index (χ1n) is 8.52. The van der Waals surface area contributed by atoms with Crippen LogP contribution in [0.4, 0.5) is 0 Å². The van der Waals surface area contributed by atoms with E-state index >= 15 is 0 Å². The quantitative estimate of drug-likeness (QED) is 0.368. The number of guanidine groups is 1. The van der Waals surface area contributed by atoms with Crippen molar-refractivity contribution in [3.8, 4) is 5.75 Å². The van der Waals surface area contributed by atoms with Crippen LogP contribution in [-0.2, 0) is 13.6 Å². The Balaban J connectivity index is 0.00000338. The Kier molecular flexibility index (Phi) is 9.39. The smallest absolute Gasteiger partial charge is 0.191 e. The molecule has 0 spiro atoms. The van der Waals surface area contributed by atoms with E-state index in [2.05, 4.69) is 58.6 Å². The van der Waals surface area contributed by atoms with Crippen LogP contribution in [0.3, 0.4) is 0 Å². The van der Waals surface area contributed by atoms with E-state index < -0.39 is 0 Å². The minimum Gasteiger partial charge on any atom is -0.493 e. The molecule has 1 heterocycles. The summed E-state index contributed by atoms with van der Waals surface area (Å²) in [4.78, 5) is 8.45. The summed E-state index contributed by atoms with van der Waals surface area (Å²) < 4.78 is 7.46. The van der Waals surface area contributed by atoms with Gasteiger partial charge in [0.25, 0.3) is 0 Å². The molecule has 0 aliphatic carbocycles. The van der Waals surface area contributed by atoms with Crippen LogP contribution in [0.15, 0.2) is 35.6 Å². The first-order valence-corrected chi connectivity index (χ1v) is 8.52. The number of nitrogens with one attached hydrogen (secondary N) is 2. The molecule has 2 aromatic rings. The molecule has 144 valence electrons. The lowest BCUT2D eigenvalue weighted by Gasteiger charge is -2.18. The highest BCUT2D eigenvalue weighted by molar-refractivity contribution is 14.0. The third-order valence-corrected chi connectivity index (χ3v) is 3.76. The predicted molar refractivity (Wildman–Crippen MR) is 115 cm³/mol. The van der Waals surface area contributed by atoms with E-state index in [-0.39, 0.29) is 30.0 Å². The first-order chi connectivity index (χ1) is 12.0. The Labute approximate surface area is 172 Å². The molecule has 8 heteroatoms. The average Bonchev–Trinajstić information content (AvgIpc) is 3.02. The fourth-order valence-corrected chi connectivity index (χ4v) is 2.24. The van der Waals surface area contributed by atoms with E-state index in [4.69, 9.17) is 4.74 Å². The van der Waals surface area contributed by atoms with Crippen molar-refractivity contribution in [1.29, 1.82) is 0 Å². The third-order valence-electron chi connectivity index (χ3n) is 3.76. The predicted octanol–water partition coefficient (Wildman–Crippen LogP) is 2.89. The summed E-state index contributed by atoms with van der Waals surface area (Å²) >= 11 is 0. The lowest BCUT2D eigenvalue weighted by molar-refractivity contribution is 0.271. The highest BCUT2D eigenvalue weighted by Gasteiger charge is 2.09. The molecule has 1 aromatic heterocycles. The molecule has 0 amide bonds.